The van der Waals surface area contributed by atoms with Gasteiger partial charge in [0.15, 0.2) is 17.2 Å². The average molecular weight is 444 g/mol. The normalized spacial score (nSPS) is 10.9. The molecule has 4 rings (SSSR count). The van der Waals surface area contributed by atoms with Gasteiger partial charge in [-0.3, -0.25) is 0 Å². The van der Waals surface area contributed by atoms with Crippen molar-refractivity contribution >= 4 is 12.2 Å². The van der Waals surface area contributed by atoms with Crippen molar-refractivity contribution in [2.24, 2.45) is 0 Å². The maximum atomic E-state index is 9.71. The highest BCUT2D eigenvalue weighted by atomic mass is 16.5. The van der Waals surface area contributed by atoms with Gasteiger partial charge in [0.25, 0.3) is 0 Å². The zero-order valence-corrected chi connectivity index (χ0v) is 17.2. The number of ether oxygens (including phenoxy) is 2. The minimum Gasteiger partial charge on any atom is -0.508 e. The van der Waals surface area contributed by atoms with E-state index in [1.54, 1.807) is 54.6 Å². The van der Waals surface area contributed by atoms with Gasteiger partial charge in [0.2, 0.25) is 0 Å². The highest BCUT2D eigenvalue weighted by Gasteiger charge is 2.08. The molecule has 0 saturated heterocycles. The monoisotopic (exact) mass is 444 g/mol. The Hall–Kier alpha value is -4.78. The molecule has 0 fully saturated rings. The first-order valence-electron chi connectivity index (χ1n) is 9.87. The van der Waals surface area contributed by atoms with Gasteiger partial charge in [0, 0.05) is 6.07 Å². The van der Waals surface area contributed by atoms with E-state index in [9.17, 15) is 25.5 Å². The number of hydrogen-bond donors (Lipinski definition) is 5. The molecule has 0 saturated carbocycles. The molecule has 0 radical (unpaired) electrons. The first-order valence-corrected chi connectivity index (χ1v) is 9.87. The van der Waals surface area contributed by atoms with Gasteiger partial charge in [-0.2, -0.15) is 0 Å². The Kier molecular flexibility index (Phi) is 5.95. The standard InChI is InChI=1S/C26H20O7/c27-18-3-7-20(8-4-18)32-22-11-16(1-2-17-13-24(29)26(31)25(30)14-17)12-23(15-22)33-21-9-5-19(28)6-10-21/h1-15,27-31H. The second-order valence-corrected chi connectivity index (χ2v) is 7.17. The van der Waals surface area contributed by atoms with E-state index >= 15 is 0 Å². The molecule has 0 aliphatic heterocycles. The summed E-state index contributed by atoms with van der Waals surface area (Å²) in [6.07, 6.45) is 3.36. The molecule has 7 heteroatoms. The second-order valence-electron chi connectivity index (χ2n) is 7.17. The Bertz CT molecular complexity index is 1200. The van der Waals surface area contributed by atoms with Crippen LogP contribution >= 0.6 is 0 Å². The fourth-order valence-corrected chi connectivity index (χ4v) is 3.02. The Morgan fingerprint density at radius 1 is 0.455 bits per heavy atom. The molecule has 0 aliphatic rings. The zero-order valence-electron chi connectivity index (χ0n) is 17.2. The molecule has 5 N–H and O–H groups in total. The van der Waals surface area contributed by atoms with E-state index in [4.69, 9.17) is 9.47 Å². The molecule has 0 bridgehead atoms. The van der Waals surface area contributed by atoms with Crippen LogP contribution in [0.15, 0.2) is 78.9 Å². The summed E-state index contributed by atoms with van der Waals surface area (Å²) in [4.78, 5) is 0. The average Bonchev–Trinajstić information content (AvgIpc) is 2.79. The maximum absolute atomic E-state index is 9.71. The van der Waals surface area contributed by atoms with E-state index < -0.39 is 17.2 Å². The van der Waals surface area contributed by atoms with Crippen molar-refractivity contribution in [3.8, 4) is 51.7 Å². The SMILES string of the molecule is Oc1ccc(Oc2cc(C=Cc3cc(O)c(O)c(O)c3)cc(Oc3ccc(O)cc3)c2)cc1. The van der Waals surface area contributed by atoms with Gasteiger partial charge >= 0.3 is 0 Å². The van der Waals surface area contributed by atoms with E-state index in [0.717, 1.165) is 0 Å². The molecule has 0 aromatic heterocycles. The van der Waals surface area contributed by atoms with Crippen LogP contribution in [-0.4, -0.2) is 25.5 Å². The first kappa shape index (κ1) is 21.5. The first-order chi connectivity index (χ1) is 15.9. The highest BCUT2D eigenvalue weighted by molar-refractivity contribution is 5.73. The molecule has 0 spiro atoms. The van der Waals surface area contributed by atoms with Crippen LogP contribution in [0.1, 0.15) is 11.1 Å². The molecule has 33 heavy (non-hydrogen) atoms. The van der Waals surface area contributed by atoms with Gasteiger partial charge in [-0.25, -0.2) is 0 Å². The number of aromatic hydroxyl groups is 5. The predicted molar refractivity (Wildman–Crippen MR) is 123 cm³/mol. The van der Waals surface area contributed by atoms with Crippen LogP contribution in [0.3, 0.4) is 0 Å². The highest BCUT2D eigenvalue weighted by Crippen LogP contribution is 2.36. The topological polar surface area (TPSA) is 120 Å². The van der Waals surface area contributed by atoms with Crippen molar-refractivity contribution in [2.45, 2.75) is 0 Å². The third-order valence-corrected chi connectivity index (χ3v) is 4.61. The fourth-order valence-electron chi connectivity index (χ4n) is 3.02. The van der Waals surface area contributed by atoms with E-state index in [1.165, 1.54) is 36.4 Å². The smallest absolute Gasteiger partial charge is 0.200 e. The molecule has 4 aromatic rings. The van der Waals surface area contributed by atoms with Crippen LogP contribution in [0.25, 0.3) is 12.2 Å². The number of phenolic OH excluding ortho intramolecular Hbond substituents is 5. The van der Waals surface area contributed by atoms with Crippen molar-refractivity contribution in [3.63, 3.8) is 0 Å². The van der Waals surface area contributed by atoms with Gasteiger partial charge in [0.05, 0.1) is 0 Å². The van der Waals surface area contributed by atoms with Crippen LogP contribution < -0.4 is 9.47 Å². The molecule has 166 valence electrons. The summed E-state index contributed by atoms with van der Waals surface area (Å²) >= 11 is 0. The molecular formula is C26H20O7. The molecule has 0 aliphatic carbocycles. The lowest BCUT2D eigenvalue weighted by atomic mass is 10.1. The van der Waals surface area contributed by atoms with Gasteiger partial charge in [-0.05, 0) is 83.9 Å². The molecule has 7 nitrogen and oxygen atoms in total. The lowest BCUT2D eigenvalue weighted by Crippen LogP contribution is -1.89. The van der Waals surface area contributed by atoms with Crippen LogP contribution in [0.5, 0.6) is 51.7 Å². The van der Waals surface area contributed by atoms with E-state index in [0.29, 0.717) is 34.1 Å². The molecule has 0 amide bonds. The van der Waals surface area contributed by atoms with Gasteiger partial charge in [0.1, 0.15) is 34.5 Å². The van der Waals surface area contributed by atoms with Crippen LogP contribution in [-0.2, 0) is 0 Å². The minimum atomic E-state index is -0.582. The predicted octanol–water partition coefficient (Wildman–Crippen LogP) is 5.97. The quantitative estimate of drug-likeness (QED) is 0.184. The molecule has 0 unspecified atom stereocenters. The summed E-state index contributed by atoms with van der Waals surface area (Å²) in [6.45, 7) is 0. The maximum Gasteiger partial charge on any atom is 0.200 e. The number of benzene rings is 4. The lowest BCUT2D eigenvalue weighted by molar-refractivity contribution is 0.368. The summed E-state index contributed by atoms with van der Waals surface area (Å²) in [5.41, 5.74) is 1.15. The Morgan fingerprint density at radius 2 is 0.848 bits per heavy atom. The minimum absolute atomic E-state index is 0.121. The van der Waals surface area contributed by atoms with Crippen molar-refractivity contribution in [3.05, 3.63) is 90.0 Å². The summed E-state index contributed by atoms with van der Waals surface area (Å²) in [5, 5.41) is 47.9. The summed E-state index contributed by atoms with van der Waals surface area (Å²) in [5.74, 6) is 0.746. The van der Waals surface area contributed by atoms with E-state index in [2.05, 4.69) is 0 Å². The summed E-state index contributed by atoms with van der Waals surface area (Å²) in [7, 11) is 0. The van der Waals surface area contributed by atoms with Gasteiger partial charge in [-0.15, -0.1) is 0 Å². The number of phenols is 5. The fraction of sp³-hybridized carbons (Fsp3) is 0. The Labute approximate surface area is 189 Å². The zero-order chi connectivity index (χ0) is 23.4. The van der Waals surface area contributed by atoms with Crippen molar-refractivity contribution in [1.29, 1.82) is 0 Å². The van der Waals surface area contributed by atoms with Gasteiger partial charge in [-0.1, -0.05) is 12.2 Å². The summed E-state index contributed by atoms with van der Waals surface area (Å²) in [6, 6.07) is 20.4. The molecule has 0 heterocycles. The lowest BCUT2D eigenvalue weighted by Gasteiger charge is -2.11. The third-order valence-electron chi connectivity index (χ3n) is 4.61. The Morgan fingerprint density at radius 3 is 1.27 bits per heavy atom. The number of hydrogen-bond acceptors (Lipinski definition) is 7. The number of rotatable bonds is 6. The molecule has 0 atom stereocenters. The molecule has 4 aromatic carbocycles. The van der Waals surface area contributed by atoms with Crippen LogP contribution in [0, 0.1) is 0 Å². The van der Waals surface area contributed by atoms with Crippen molar-refractivity contribution in [2.75, 3.05) is 0 Å². The summed E-state index contributed by atoms with van der Waals surface area (Å²) < 4.78 is 11.8. The third kappa shape index (κ3) is 5.48. The van der Waals surface area contributed by atoms with Crippen molar-refractivity contribution < 1.29 is 35.0 Å². The van der Waals surface area contributed by atoms with Crippen LogP contribution in [0.2, 0.25) is 0 Å². The van der Waals surface area contributed by atoms with E-state index in [-0.39, 0.29) is 11.5 Å². The largest absolute Gasteiger partial charge is 0.508 e. The Balaban J connectivity index is 1.66. The second kappa shape index (κ2) is 9.15. The van der Waals surface area contributed by atoms with Gasteiger partial charge < -0.3 is 35.0 Å². The van der Waals surface area contributed by atoms with Crippen molar-refractivity contribution in [1.82, 2.24) is 0 Å². The molecular weight excluding hydrogens is 424 g/mol. The van der Waals surface area contributed by atoms with E-state index in [1.807, 2.05) is 0 Å². The van der Waals surface area contributed by atoms with Crippen LogP contribution in [0.4, 0.5) is 0 Å².